The maximum atomic E-state index is 11.7. The monoisotopic (exact) mass is 663 g/mol. The molecule has 0 saturated carbocycles. The quantitative estimate of drug-likeness (QED) is 0.102. The Morgan fingerprint density at radius 1 is 0.933 bits per heavy atom. The fourth-order valence-corrected chi connectivity index (χ4v) is 7.21. The Hall–Kier alpha value is -3.40. The van der Waals surface area contributed by atoms with Crippen LogP contribution in [0.5, 0.6) is 0 Å². The van der Waals surface area contributed by atoms with Crippen LogP contribution in [0.1, 0.15) is 67.6 Å². The lowest BCUT2D eigenvalue weighted by Gasteiger charge is -2.27. The molecule has 2 aromatic carbocycles. The van der Waals surface area contributed by atoms with Crippen molar-refractivity contribution in [3.05, 3.63) is 82.6 Å². The summed E-state index contributed by atoms with van der Waals surface area (Å²) in [5.41, 5.74) is 4.62. The molecule has 0 atom stereocenters. The molecule has 4 N–H and O–H groups in total. The Bertz CT molecular complexity index is 1810. The van der Waals surface area contributed by atoms with E-state index in [0.717, 1.165) is 39.5 Å². The zero-order valence-corrected chi connectivity index (χ0v) is 27.2. The predicted molar refractivity (Wildman–Crippen MR) is 170 cm³/mol. The van der Waals surface area contributed by atoms with Gasteiger partial charge in [0, 0.05) is 47.5 Å². The van der Waals surface area contributed by atoms with Crippen molar-refractivity contribution in [3.8, 4) is 0 Å². The predicted octanol–water partition coefficient (Wildman–Crippen LogP) is 4.54. The maximum absolute atomic E-state index is 11.7. The van der Waals surface area contributed by atoms with Crippen LogP contribution in [0.15, 0.2) is 60.3 Å². The fraction of sp³-hybridized carbons (Fsp3) is 0.419. The minimum Gasteiger partial charge on any atom is -0.478 e. The average molecular weight is 664 g/mol. The summed E-state index contributed by atoms with van der Waals surface area (Å²) in [4.78, 5) is 18.1. The summed E-state index contributed by atoms with van der Waals surface area (Å²) in [6.07, 6.45) is 5.97. The van der Waals surface area contributed by atoms with Gasteiger partial charge < -0.3 is 10.0 Å². The van der Waals surface area contributed by atoms with E-state index in [1.807, 2.05) is 73.6 Å². The van der Waals surface area contributed by atoms with Crippen molar-refractivity contribution < 1.29 is 50.6 Å². The fourth-order valence-electron chi connectivity index (χ4n) is 6.22. The largest absolute Gasteiger partial charge is 0.478 e. The van der Waals surface area contributed by atoms with Crippen molar-refractivity contribution >= 4 is 43.3 Å². The highest BCUT2D eigenvalue weighted by molar-refractivity contribution is 7.86. The molecule has 0 unspecified atom stereocenters. The molecule has 0 saturated heterocycles. The molecule has 0 spiro atoms. The molecule has 2 aliphatic rings. The van der Waals surface area contributed by atoms with Gasteiger partial charge in [-0.2, -0.15) is 21.4 Å². The SMILES string of the molecule is CC1(C)C(/C=C/C=C2\N(CCCS(=O)(=O)O)c3ccc(COO)cc3C2(C)C)=[N+](CCCS(=O)(=O)O)c2ccc(C(=O)O)cc21. The highest BCUT2D eigenvalue weighted by Gasteiger charge is 2.45. The van der Waals surface area contributed by atoms with Gasteiger partial charge in [-0.3, -0.25) is 14.4 Å². The number of hydrogen-bond donors (Lipinski definition) is 4. The van der Waals surface area contributed by atoms with Crippen molar-refractivity contribution in [2.45, 2.75) is 58.0 Å². The number of hydrogen-bond acceptors (Lipinski definition) is 8. The molecule has 0 aromatic heterocycles. The van der Waals surface area contributed by atoms with Crippen molar-refractivity contribution in [1.29, 1.82) is 0 Å². The zero-order valence-electron chi connectivity index (χ0n) is 25.6. The first-order valence-corrected chi connectivity index (χ1v) is 17.6. The average Bonchev–Trinajstić information content (AvgIpc) is 3.26. The Morgan fingerprint density at radius 2 is 1.60 bits per heavy atom. The lowest BCUT2D eigenvalue weighted by Crippen LogP contribution is -2.29. The molecule has 2 heterocycles. The van der Waals surface area contributed by atoms with Gasteiger partial charge >= 0.3 is 5.97 Å². The Balaban J connectivity index is 1.77. The van der Waals surface area contributed by atoms with Gasteiger partial charge in [-0.1, -0.05) is 32.1 Å². The molecule has 12 nitrogen and oxygen atoms in total. The van der Waals surface area contributed by atoms with Crippen molar-refractivity contribution in [1.82, 2.24) is 0 Å². The molecule has 0 aliphatic carbocycles. The normalized spacial score (nSPS) is 18.2. The van der Waals surface area contributed by atoms with Crippen molar-refractivity contribution in [3.63, 3.8) is 0 Å². The van der Waals surface area contributed by atoms with Crippen LogP contribution in [-0.2, 0) is 42.6 Å². The lowest BCUT2D eigenvalue weighted by atomic mass is 9.80. The summed E-state index contributed by atoms with van der Waals surface area (Å²) in [6, 6.07) is 10.4. The summed E-state index contributed by atoms with van der Waals surface area (Å²) < 4.78 is 66.4. The van der Waals surface area contributed by atoms with Crippen LogP contribution in [0.4, 0.5) is 11.4 Å². The third-order valence-corrected chi connectivity index (χ3v) is 10.0. The number of carboxylic acid groups (broad SMARTS) is 1. The van der Waals surface area contributed by atoms with E-state index >= 15 is 0 Å². The van der Waals surface area contributed by atoms with Gasteiger partial charge in [-0.25, -0.2) is 9.68 Å². The number of carboxylic acids is 1. The summed E-state index contributed by atoms with van der Waals surface area (Å²) in [6.45, 7) is 8.51. The van der Waals surface area contributed by atoms with E-state index in [9.17, 15) is 35.8 Å². The van der Waals surface area contributed by atoms with E-state index in [0.29, 0.717) is 6.54 Å². The van der Waals surface area contributed by atoms with Crippen LogP contribution >= 0.6 is 0 Å². The van der Waals surface area contributed by atoms with Crippen LogP contribution in [0, 0.1) is 0 Å². The van der Waals surface area contributed by atoms with Crippen LogP contribution < -0.4 is 4.90 Å². The Labute approximate surface area is 263 Å². The Morgan fingerprint density at radius 3 is 2.22 bits per heavy atom. The number of anilines is 1. The van der Waals surface area contributed by atoms with Crippen molar-refractivity contribution in [2.75, 3.05) is 29.5 Å². The van der Waals surface area contributed by atoms with Crippen LogP contribution in [-0.4, -0.2) is 77.2 Å². The molecule has 0 bridgehead atoms. The minimum absolute atomic E-state index is 0.00393. The summed E-state index contributed by atoms with van der Waals surface area (Å²) in [5, 5.41) is 18.6. The number of rotatable bonds is 13. The zero-order chi connectivity index (χ0) is 33.4. The first-order chi connectivity index (χ1) is 20.9. The van der Waals surface area contributed by atoms with Crippen LogP contribution in [0.3, 0.4) is 0 Å². The topological polar surface area (TPSA) is 182 Å². The van der Waals surface area contributed by atoms with E-state index in [1.165, 1.54) is 6.07 Å². The maximum Gasteiger partial charge on any atom is 0.335 e. The molecule has 45 heavy (non-hydrogen) atoms. The standard InChI is InChI=1S/C31H38N2O10S2/c1-30(2)23-18-21(20-43-36)10-12-25(23)32(14-6-16-44(37,38)39)27(30)8-5-9-28-31(3,4)24-19-22(29(34)35)11-13-26(24)33(28)15-7-17-45(40,41)42/h5,8-13,18-19H,6-7,14-17,20H2,1-4H3,(H3-,34,35,36,37,38,39,40,41,42)/p+1. The molecule has 244 valence electrons. The minimum atomic E-state index is -4.18. The summed E-state index contributed by atoms with van der Waals surface area (Å²) in [5.74, 6) is -1.90. The van der Waals surface area contributed by atoms with Crippen LogP contribution in [0.2, 0.25) is 0 Å². The van der Waals surface area contributed by atoms with Gasteiger partial charge in [-0.05, 0) is 55.7 Å². The van der Waals surface area contributed by atoms with Gasteiger partial charge in [0.15, 0.2) is 5.71 Å². The molecule has 14 heteroatoms. The van der Waals surface area contributed by atoms with E-state index in [1.54, 1.807) is 12.1 Å². The molecule has 0 radical (unpaired) electrons. The second kappa shape index (κ2) is 12.8. The third-order valence-electron chi connectivity index (χ3n) is 8.40. The lowest BCUT2D eigenvalue weighted by molar-refractivity contribution is -0.437. The van der Waals surface area contributed by atoms with Gasteiger partial charge in [0.25, 0.3) is 20.2 Å². The molecule has 0 fully saturated rings. The molecular weight excluding hydrogens is 624 g/mol. The van der Waals surface area contributed by atoms with Crippen molar-refractivity contribution in [2.24, 2.45) is 0 Å². The van der Waals surface area contributed by atoms with E-state index < -0.39 is 48.5 Å². The molecule has 0 amide bonds. The first kappa shape index (κ1) is 34.5. The first-order valence-electron chi connectivity index (χ1n) is 14.4. The summed E-state index contributed by atoms with van der Waals surface area (Å²) >= 11 is 0. The number of carbonyl (C=O) groups is 1. The van der Waals surface area contributed by atoms with E-state index in [2.05, 4.69) is 4.89 Å². The Kier molecular flexibility index (Phi) is 9.79. The molecule has 2 aromatic rings. The number of nitrogens with zero attached hydrogens (tertiary/aromatic N) is 2. The number of aromatic carboxylic acids is 1. The number of allylic oxidation sites excluding steroid dienone is 4. The molecular formula is C31H39N2O10S2+. The second-order valence-corrected chi connectivity index (χ2v) is 15.4. The second-order valence-electron chi connectivity index (χ2n) is 12.3. The van der Waals surface area contributed by atoms with Gasteiger partial charge in [0.1, 0.15) is 13.2 Å². The smallest absolute Gasteiger partial charge is 0.335 e. The van der Waals surface area contributed by atoms with Gasteiger partial charge in [0.05, 0.1) is 22.5 Å². The number of benzene rings is 2. The van der Waals surface area contributed by atoms with E-state index in [-0.39, 0.29) is 31.6 Å². The molecule has 4 rings (SSSR count). The van der Waals surface area contributed by atoms with Crippen LogP contribution in [0.25, 0.3) is 0 Å². The molecule has 2 aliphatic heterocycles. The highest BCUT2D eigenvalue weighted by Crippen LogP contribution is 2.48. The van der Waals surface area contributed by atoms with E-state index in [4.69, 9.17) is 5.26 Å². The number of fused-ring (bicyclic) bond motifs is 2. The third kappa shape index (κ3) is 7.54. The van der Waals surface area contributed by atoms with Gasteiger partial charge in [-0.15, -0.1) is 0 Å². The highest BCUT2D eigenvalue weighted by atomic mass is 32.2. The summed E-state index contributed by atoms with van der Waals surface area (Å²) in [7, 11) is -8.33. The van der Waals surface area contributed by atoms with Gasteiger partial charge in [0.2, 0.25) is 5.69 Å².